The fraction of sp³-hybridized carbons (Fsp3) is 0.517. The lowest BCUT2D eigenvalue weighted by Crippen LogP contribution is -2.07. The fourth-order valence-corrected chi connectivity index (χ4v) is 3.65. The van der Waals surface area contributed by atoms with Gasteiger partial charge in [0.15, 0.2) is 5.78 Å². The average molecular weight is 465 g/mol. The Morgan fingerprint density at radius 2 is 1.12 bits per heavy atom. The van der Waals surface area contributed by atoms with Crippen LogP contribution in [-0.4, -0.2) is 11.8 Å². The summed E-state index contributed by atoms with van der Waals surface area (Å²) in [6.45, 7) is 4.31. The summed E-state index contributed by atoms with van der Waals surface area (Å²) in [4.78, 5) is 24.1. The normalized spacial score (nSPS) is 11.1. The Balaban J connectivity index is 1.68. The van der Waals surface area contributed by atoms with E-state index in [1.54, 1.807) is 48.5 Å². The van der Waals surface area contributed by atoms with Crippen LogP contribution in [0.4, 0.5) is 11.4 Å². The molecule has 5 nitrogen and oxygen atoms in total. The molecule has 184 valence electrons. The summed E-state index contributed by atoms with van der Waals surface area (Å²) < 4.78 is 5.42. The monoisotopic (exact) mass is 464 g/mol. The molecule has 0 N–H and O–H groups in total. The molecule has 0 amide bonds. The van der Waals surface area contributed by atoms with Crippen molar-refractivity contribution in [2.45, 2.75) is 97.3 Å². The zero-order chi connectivity index (χ0) is 24.4. The summed E-state index contributed by atoms with van der Waals surface area (Å²) in [7, 11) is 0. The Morgan fingerprint density at radius 3 is 1.68 bits per heavy atom. The van der Waals surface area contributed by atoms with E-state index in [2.05, 4.69) is 24.1 Å². The third kappa shape index (κ3) is 11.4. The molecule has 0 bridgehead atoms. The predicted octanol–water partition coefficient (Wildman–Crippen LogP) is 9.30. The number of esters is 1. The molecule has 0 saturated heterocycles. The molecule has 2 aromatic rings. The van der Waals surface area contributed by atoms with Gasteiger partial charge in [-0.2, -0.15) is 10.2 Å². The van der Waals surface area contributed by atoms with E-state index in [-0.39, 0.29) is 11.8 Å². The van der Waals surface area contributed by atoms with E-state index >= 15 is 0 Å². The Labute approximate surface area is 205 Å². The molecule has 5 heteroatoms. The number of benzene rings is 2. The number of carbonyl (C=O) groups excluding carboxylic acids is 2. The van der Waals surface area contributed by atoms with E-state index in [4.69, 9.17) is 4.74 Å². The third-order valence-electron chi connectivity index (χ3n) is 5.78. The van der Waals surface area contributed by atoms with Gasteiger partial charge in [0, 0.05) is 18.4 Å². The zero-order valence-electron chi connectivity index (χ0n) is 20.9. The first-order valence-corrected chi connectivity index (χ1v) is 13.0. The molecule has 0 aliphatic carbocycles. The number of Topliss-reactive ketones (excluding diaryl/α,β-unsaturated/α-hetero) is 1. The predicted molar refractivity (Wildman–Crippen MR) is 138 cm³/mol. The van der Waals surface area contributed by atoms with Crippen LogP contribution in [-0.2, 0) is 4.79 Å². The van der Waals surface area contributed by atoms with E-state index in [0.29, 0.717) is 35.5 Å². The number of hydrogen-bond donors (Lipinski definition) is 0. The van der Waals surface area contributed by atoms with Gasteiger partial charge in [0.1, 0.15) is 5.75 Å². The van der Waals surface area contributed by atoms with Crippen LogP contribution in [0.1, 0.15) is 108 Å². The maximum atomic E-state index is 12.1. The van der Waals surface area contributed by atoms with E-state index in [0.717, 1.165) is 25.7 Å². The molecule has 34 heavy (non-hydrogen) atoms. The Kier molecular flexibility index (Phi) is 13.5. The summed E-state index contributed by atoms with van der Waals surface area (Å²) in [6, 6.07) is 14.2. The van der Waals surface area contributed by atoms with Crippen LogP contribution in [0.3, 0.4) is 0 Å². The van der Waals surface area contributed by atoms with Crippen molar-refractivity contribution in [1.82, 2.24) is 0 Å². The minimum atomic E-state index is -0.189. The summed E-state index contributed by atoms with van der Waals surface area (Å²) in [5.74, 6) is 0.494. The van der Waals surface area contributed by atoms with Gasteiger partial charge in [-0.25, -0.2) is 0 Å². The van der Waals surface area contributed by atoms with Gasteiger partial charge in [0.25, 0.3) is 0 Å². The van der Waals surface area contributed by atoms with Crippen LogP contribution in [0.2, 0.25) is 0 Å². The van der Waals surface area contributed by atoms with Gasteiger partial charge in [-0.1, -0.05) is 71.6 Å². The smallest absolute Gasteiger partial charge is 0.311 e. The second-order valence-corrected chi connectivity index (χ2v) is 8.82. The lowest BCUT2D eigenvalue weighted by Gasteiger charge is -2.05. The van der Waals surface area contributed by atoms with Crippen molar-refractivity contribution in [3.05, 3.63) is 54.1 Å². The van der Waals surface area contributed by atoms with E-state index in [1.165, 1.54) is 44.9 Å². The van der Waals surface area contributed by atoms with Gasteiger partial charge >= 0.3 is 5.97 Å². The number of unbranched alkanes of at least 4 members (excludes halogenated alkanes) is 9. The molecule has 0 unspecified atom stereocenters. The van der Waals surface area contributed by atoms with Crippen molar-refractivity contribution in [1.29, 1.82) is 0 Å². The van der Waals surface area contributed by atoms with Gasteiger partial charge in [-0.05, 0) is 61.4 Å². The van der Waals surface area contributed by atoms with E-state index in [1.807, 2.05) is 0 Å². The molecule has 0 atom stereocenters. The maximum Gasteiger partial charge on any atom is 0.311 e. The number of rotatable bonds is 17. The van der Waals surface area contributed by atoms with Crippen LogP contribution in [0.25, 0.3) is 0 Å². The minimum Gasteiger partial charge on any atom is -0.427 e. The number of ketones is 1. The molecular formula is C29H40N2O3. The molecule has 2 rings (SSSR count). The fourth-order valence-electron chi connectivity index (χ4n) is 3.65. The summed E-state index contributed by atoms with van der Waals surface area (Å²) in [6.07, 6.45) is 14.0. The second-order valence-electron chi connectivity index (χ2n) is 8.82. The highest BCUT2D eigenvalue weighted by molar-refractivity contribution is 5.96. The number of azo groups is 1. The number of carbonyl (C=O) groups is 2. The maximum absolute atomic E-state index is 12.1. The summed E-state index contributed by atoms with van der Waals surface area (Å²) in [5.41, 5.74) is 2.06. The first-order valence-electron chi connectivity index (χ1n) is 13.0. The van der Waals surface area contributed by atoms with Crippen molar-refractivity contribution in [3.63, 3.8) is 0 Å². The largest absolute Gasteiger partial charge is 0.427 e. The van der Waals surface area contributed by atoms with Crippen molar-refractivity contribution in [2.24, 2.45) is 10.2 Å². The van der Waals surface area contributed by atoms with Crippen molar-refractivity contribution in [3.8, 4) is 5.75 Å². The molecule has 0 fully saturated rings. The molecule has 0 heterocycles. The topological polar surface area (TPSA) is 68.1 Å². The molecular weight excluding hydrogens is 424 g/mol. The first kappa shape index (κ1) is 27.4. The molecule has 0 radical (unpaired) electrons. The first-order chi connectivity index (χ1) is 16.6. The van der Waals surface area contributed by atoms with Crippen molar-refractivity contribution >= 4 is 23.1 Å². The molecule has 0 aliphatic rings. The van der Waals surface area contributed by atoms with Gasteiger partial charge in [-0.3, -0.25) is 9.59 Å². The number of hydrogen-bond acceptors (Lipinski definition) is 5. The van der Waals surface area contributed by atoms with Crippen molar-refractivity contribution < 1.29 is 14.3 Å². The lowest BCUT2D eigenvalue weighted by atomic mass is 10.1. The number of nitrogens with zero attached hydrogens (tertiary/aromatic N) is 2. The van der Waals surface area contributed by atoms with Crippen molar-refractivity contribution in [2.75, 3.05) is 0 Å². The Morgan fingerprint density at radius 1 is 0.618 bits per heavy atom. The number of ether oxygens (including phenoxy) is 1. The Bertz CT molecular complexity index is 873. The van der Waals surface area contributed by atoms with E-state index < -0.39 is 0 Å². The van der Waals surface area contributed by atoms with Crippen LogP contribution >= 0.6 is 0 Å². The minimum absolute atomic E-state index is 0.160. The molecule has 0 aromatic heterocycles. The van der Waals surface area contributed by atoms with Crippen LogP contribution in [0.5, 0.6) is 5.75 Å². The van der Waals surface area contributed by atoms with Gasteiger partial charge in [-0.15, -0.1) is 0 Å². The molecule has 0 saturated carbocycles. The molecule has 0 spiro atoms. The highest BCUT2D eigenvalue weighted by Gasteiger charge is 2.06. The Hall–Kier alpha value is -2.82. The highest BCUT2D eigenvalue weighted by Crippen LogP contribution is 2.22. The lowest BCUT2D eigenvalue weighted by molar-refractivity contribution is -0.134. The van der Waals surface area contributed by atoms with Gasteiger partial charge in [0.05, 0.1) is 11.4 Å². The van der Waals surface area contributed by atoms with E-state index in [9.17, 15) is 9.59 Å². The summed E-state index contributed by atoms with van der Waals surface area (Å²) >= 11 is 0. The molecule has 0 aliphatic heterocycles. The van der Waals surface area contributed by atoms with Crippen LogP contribution < -0.4 is 4.74 Å². The molecule has 2 aromatic carbocycles. The third-order valence-corrected chi connectivity index (χ3v) is 5.78. The standard InChI is InChI=1S/C29H40N2O3/c1-3-5-7-8-9-10-11-12-13-15-29(33)34-27-22-20-26(21-23-27)31-30-25-18-16-24(17-19-25)28(32)14-6-4-2/h16-23H,3-15H2,1-2H3. The van der Waals surface area contributed by atoms with Crippen LogP contribution in [0, 0.1) is 0 Å². The zero-order valence-corrected chi connectivity index (χ0v) is 20.9. The van der Waals surface area contributed by atoms with Gasteiger partial charge in [0.2, 0.25) is 0 Å². The quantitative estimate of drug-likeness (QED) is 0.0770. The SMILES string of the molecule is CCCCCCCCCCCC(=O)Oc1ccc(N=Nc2ccc(C(=O)CCCC)cc2)cc1. The highest BCUT2D eigenvalue weighted by atomic mass is 16.5. The van der Waals surface area contributed by atoms with Crippen LogP contribution in [0.15, 0.2) is 58.8 Å². The average Bonchev–Trinajstić information content (AvgIpc) is 2.86. The second kappa shape index (κ2) is 16.7. The summed E-state index contributed by atoms with van der Waals surface area (Å²) in [5, 5.41) is 8.44. The van der Waals surface area contributed by atoms with Gasteiger partial charge < -0.3 is 4.74 Å².